The summed E-state index contributed by atoms with van der Waals surface area (Å²) in [5.41, 5.74) is 3.32. The van der Waals surface area contributed by atoms with Crippen LogP contribution in [0.5, 0.6) is 0 Å². The van der Waals surface area contributed by atoms with Crippen molar-refractivity contribution in [1.29, 1.82) is 0 Å². The van der Waals surface area contributed by atoms with Gasteiger partial charge in [0.25, 0.3) is 0 Å². The van der Waals surface area contributed by atoms with Gasteiger partial charge in [-0.25, -0.2) is 4.79 Å². The Labute approximate surface area is 125 Å². The second-order valence-corrected chi connectivity index (χ2v) is 6.14. The molecule has 1 aliphatic carbocycles. The van der Waals surface area contributed by atoms with Crippen LogP contribution in [-0.4, -0.2) is 39.6 Å². The number of nitrogens with zero attached hydrogens (tertiary/aromatic N) is 2. The van der Waals surface area contributed by atoms with E-state index in [-0.39, 0.29) is 12.1 Å². The molecular weight excluding hydrogens is 268 g/mol. The standard InChI is InChI=1S/C15H26N4O2/c1-9(7-13-10(2)18-19(4)11(13)3)17-15(21)16-8-14(20)12-5-6-12/h9,12,14,20H,5-8H2,1-4H3,(H2,16,17,21). The fourth-order valence-corrected chi connectivity index (χ4v) is 2.59. The number of carbonyl (C=O) groups excluding carboxylic acids is 1. The highest BCUT2D eigenvalue weighted by Crippen LogP contribution is 2.32. The van der Waals surface area contributed by atoms with E-state index in [1.807, 2.05) is 32.5 Å². The van der Waals surface area contributed by atoms with Crippen molar-refractivity contribution in [2.45, 2.75) is 52.2 Å². The van der Waals surface area contributed by atoms with Gasteiger partial charge in [0, 0.05) is 25.3 Å². The maximum absolute atomic E-state index is 11.8. The minimum absolute atomic E-state index is 0.0182. The molecule has 0 saturated heterocycles. The zero-order chi connectivity index (χ0) is 15.6. The van der Waals surface area contributed by atoms with Gasteiger partial charge in [0.1, 0.15) is 0 Å². The van der Waals surface area contributed by atoms with Crippen molar-refractivity contribution in [1.82, 2.24) is 20.4 Å². The number of hydrogen-bond donors (Lipinski definition) is 3. The maximum atomic E-state index is 11.8. The molecule has 6 heteroatoms. The molecule has 2 unspecified atom stereocenters. The Kier molecular flexibility index (Phi) is 4.88. The highest BCUT2D eigenvalue weighted by Gasteiger charge is 2.29. The minimum Gasteiger partial charge on any atom is -0.391 e. The first-order valence-corrected chi connectivity index (χ1v) is 7.60. The summed E-state index contributed by atoms with van der Waals surface area (Å²) < 4.78 is 1.86. The molecule has 2 rings (SSSR count). The number of urea groups is 1. The number of carbonyl (C=O) groups is 1. The van der Waals surface area contributed by atoms with Gasteiger partial charge in [-0.15, -0.1) is 0 Å². The third kappa shape index (κ3) is 4.20. The lowest BCUT2D eigenvalue weighted by atomic mass is 10.1. The molecular formula is C15H26N4O2. The third-order valence-electron chi connectivity index (χ3n) is 4.18. The Bertz CT molecular complexity index is 508. The third-order valence-corrected chi connectivity index (χ3v) is 4.18. The van der Waals surface area contributed by atoms with Crippen LogP contribution >= 0.6 is 0 Å². The Morgan fingerprint density at radius 1 is 1.48 bits per heavy atom. The summed E-state index contributed by atoms with van der Waals surface area (Å²) in [6.07, 6.45) is 2.49. The van der Waals surface area contributed by atoms with Gasteiger partial charge < -0.3 is 15.7 Å². The van der Waals surface area contributed by atoms with Crippen molar-refractivity contribution < 1.29 is 9.90 Å². The van der Waals surface area contributed by atoms with E-state index in [9.17, 15) is 9.90 Å². The second-order valence-electron chi connectivity index (χ2n) is 6.14. The molecule has 3 N–H and O–H groups in total. The molecule has 118 valence electrons. The van der Waals surface area contributed by atoms with Crippen LogP contribution in [0, 0.1) is 19.8 Å². The number of aliphatic hydroxyl groups excluding tert-OH is 1. The normalized spacial score (nSPS) is 17.4. The number of rotatable bonds is 6. The van der Waals surface area contributed by atoms with Gasteiger partial charge in [-0.1, -0.05) is 0 Å². The molecule has 0 bridgehead atoms. The molecule has 1 fully saturated rings. The zero-order valence-corrected chi connectivity index (χ0v) is 13.3. The number of aromatic nitrogens is 2. The average Bonchev–Trinajstić information content (AvgIpc) is 3.22. The average molecular weight is 294 g/mol. The fraction of sp³-hybridized carbons (Fsp3) is 0.733. The number of hydrogen-bond acceptors (Lipinski definition) is 3. The molecule has 1 heterocycles. The van der Waals surface area contributed by atoms with E-state index in [1.54, 1.807) is 0 Å². The van der Waals surface area contributed by atoms with E-state index in [2.05, 4.69) is 15.7 Å². The molecule has 1 aromatic heterocycles. The summed E-state index contributed by atoms with van der Waals surface area (Å²) in [6.45, 7) is 6.33. The van der Waals surface area contributed by atoms with Crippen LogP contribution in [0.25, 0.3) is 0 Å². The Balaban J connectivity index is 1.77. The predicted molar refractivity (Wildman–Crippen MR) is 81.1 cm³/mol. The molecule has 0 radical (unpaired) electrons. The lowest BCUT2D eigenvalue weighted by Crippen LogP contribution is -2.44. The summed E-state index contributed by atoms with van der Waals surface area (Å²) in [4.78, 5) is 11.8. The van der Waals surface area contributed by atoms with Crippen LogP contribution in [0.2, 0.25) is 0 Å². The summed E-state index contributed by atoms with van der Waals surface area (Å²) in [7, 11) is 1.93. The van der Waals surface area contributed by atoms with Crippen LogP contribution in [-0.2, 0) is 13.5 Å². The summed E-state index contributed by atoms with van der Waals surface area (Å²) in [5.74, 6) is 0.378. The molecule has 1 saturated carbocycles. The smallest absolute Gasteiger partial charge is 0.315 e. The molecule has 21 heavy (non-hydrogen) atoms. The molecule has 2 amide bonds. The van der Waals surface area contributed by atoms with E-state index in [1.165, 1.54) is 5.56 Å². The maximum Gasteiger partial charge on any atom is 0.315 e. The lowest BCUT2D eigenvalue weighted by Gasteiger charge is -2.16. The van der Waals surface area contributed by atoms with Gasteiger partial charge in [0.05, 0.1) is 11.8 Å². The van der Waals surface area contributed by atoms with Gasteiger partial charge in [-0.2, -0.15) is 5.10 Å². The molecule has 1 aromatic rings. The molecule has 2 atom stereocenters. The van der Waals surface area contributed by atoms with Crippen LogP contribution in [0.4, 0.5) is 4.79 Å². The first-order valence-electron chi connectivity index (χ1n) is 7.60. The molecule has 0 aromatic carbocycles. The highest BCUT2D eigenvalue weighted by molar-refractivity contribution is 5.74. The van der Waals surface area contributed by atoms with E-state index in [0.29, 0.717) is 12.5 Å². The Morgan fingerprint density at radius 3 is 2.67 bits per heavy atom. The quantitative estimate of drug-likeness (QED) is 0.733. The summed E-state index contributed by atoms with van der Waals surface area (Å²) in [5, 5.41) is 19.8. The van der Waals surface area contributed by atoms with Crippen molar-refractivity contribution in [3.8, 4) is 0 Å². The number of aryl methyl sites for hydroxylation is 2. The Morgan fingerprint density at radius 2 is 2.14 bits per heavy atom. The molecule has 0 aliphatic heterocycles. The van der Waals surface area contributed by atoms with Crippen LogP contribution in [0.15, 0.2) is 0 Å². The van der Waals surface area contributed by atoms with Crippen molar-refractivity contribution in [2.24, 2.45) is 13.0 Å². The number of amides is 2. The van der Waals surface area contributed by atoms with Crippen LogP contribution in [0.1, 0.15) is 36.7 Å². The zero-order valence-electron chi connectivity index (χ0n) is 13.3. The van der Waals surface area contributed by atoms with E-state index in [4.69, 9.17) is 0 Å². The summed E-state index contributed by atoms with van der Waals surface area (Å²) in [6, 6.07) is -0.203. The molecule has 1 aliphatic rings. The fourth-order valence-electron chi connectivity index (χ4n) is 2.59. The van der Waals surface area contributed by atoms with Gasteiger partial charge >= 0.3 is 6.03 Å². The first-order chi connectivity index (χ1) is 9.88. The van der Waals surface area contributed by atoms with E-state index in [0.717, 1.165) is 30.7 Å². The van der Waals surface area contributed by atoms with Crippen LogP contribution < -0.4 is 10.6 Å². The Hall–Kier alpha value is -1.56. The minimum atomic E-state index is -0.408. The van der Waals surface area contributed by atoms with Crippen LogP contribution in [0.3, 0.4) is 0 Å². The largest absolute Gasteiger partial charge is 0.391 e. The monoisotopic (exact) mass is 294 g/mol. The molecule has 0 spiro atoms. The SMILES string of the molecule is Cc1nn(C)c(C)c1CC(C)NC(=O)NCC(O)C1CC1. The van der Waals surface area contributed by atoms with E-state index >= 15 is 0 Å². The van der Waals surface area contributed by atoms with Gasteiger partial charge in [-0.05, 0) is 51.5 Å². The van der Waals surface area contributed by atoms with Crippen molar-refractivity contribution in [3.05, 3.63) is 17.0 Å². The number of nitrogens with one attached hydrogen (secondary N) is 2. The summed E-state index contributed by atoms with van der Waals surface area (Å²) >= 11 is 0. The topological polar surface area (TPSA) is 79.2 Å². The highest BCUT2D eigenvalue weighted by atomic mass is 16.3. The van der Waals surface area contributed by atoms with Crippen molar-refractivity contribution >= 4 is 6.03 Å². The van der Waals surface area contributed by atoms with Crippen molar-refractivity contribution in [2.75, 3.05) is 6.54 Å². The molecule has 6 nitrogen and oxygen atoms in total. The van der Waals surface area contributed by atoms with E-state index < -0.39 is 6.10 Å². The predicted octanol–water partition coefficient (Wildman–Crippen LogP) is 1.04. The van der Waals surface area contributed by atoms with Gasteiger partial charge in [-0.3, -0.25) is 4.68 Å². The van der Waals surface area contributed by atoms with Gasteiger partial charge in [0.15, 0.2) is 0 Å². The van der Waals surface area contributed by atoms with Gasteiger partial charge in [0.2, 0.25) is 0 Å². The number of aliphatic hydroxyl groups is 1. The second kappa shape index (κ2) is 6.47. The van der Waals surface area contributed by atoms with Crippen molar-refractivity contribution in [3.63, 3.8) is 0 Å². The lowest BCUT2D eigenvalue weighted by molar-refractivity contribution is 0.149. The first kappa shape index (κ1) is 15.8.